The van der Waals surface area contributed by atoms with Crippen LogP contribution in [-0.2, 0) is 7.05 Å². The maximum Gasteiger partial charge on any atom is 0.382 e. The first kappa shape index (κ1) is 17.2. The summed E-state index contributed by atoms with van der Waals surface area (Å²) in [4.78, 5) is 28.5. The highest BCUT2D eigenvalue weighted by Gasteiger charge is 2.12. The standard InChI is InChI=1S/C4H4BrN3O2.C3H2BrN3O2.CH3F/c1-7-2-3(8(9)10)6-4(7)5;4-3-5-1-2(6-3)7(8)9;1-2/h2H,1H3;1H,(H,5,6);1H3/i;;1D. The second-order valence-electron chi connectivity index (χ2n) is 3.05. The van der Waals surface area contributed by atoms with E-state index in [1.807, 2.05) is 0 Å². The quantitative estimate of drug-likeness (QED) is 0.572. The van der Waals surface area contributed by atoms with Crippen LogP contribution in [0.15, 0.2) is 21.9 Å². The van der Waals surface area contributed by atoms with E-state index in [4.69, 9.17) is 1.37 Å². The Labute approximate surface area is 135 Å². The van der Waals surface area contributed by atoms with Crippen LogP contribution in [0.1, 0.15) is 1.37 Å². The molecule has 0 spiro atoms. The highest BCUT2D eigenvalue weighted by atomic mass is 79.9. The molecule has 1 N–H and O–H groups in total. The van der Waals surface area contributed by atoms with Crippen molar-refractivity contribution in [3.63, 3.8) is 0 Å². The van der Waals surface area contributed by atoms with Crippen LogP contribution in [0.4, 0.5) is 16.0 Å². The van der Waals surface area contributed by atoms with E-state index in [2.05, 4.69) is 46.8 Å². The van der Waals surface area contributed by atoms with Crippen LogP contribution >= 0.6 is 31.9 Å². The lowest BCUT2D eigenvalue weighted by Gasteiger charge is -1.83. The molecule has 21 heavy (non-hydrogen) atoms. The van der Waals surface area contributed by atoms with Gasteiger partial charge in [0.05, 0.1) is 8.52 Å². The molecule has 2 aromatic rings. The zero-order valence-electron chi connectivity index (χ0n) is 11.4. The molecule has 0 aliphatic heterocycles. The topological polar surface area (TPSA) is 133 Å². The fraction of sp³-hybridized carbons (Fsp3) is 0.250. The van der Waals surface area contributed by atoms with E-state index in [-0.39, 0.29) is 11.6 Å². The number of nitrogens with zero attached hydrogens (tertiary/aromatic N) is 5. The average molecular weight is 433 g/mol. The largest absolute Gasteiger partial charge is 0.382 e. The van der Waals surface area contributed by atoms with Crippen LogP contribution in [0, 0.1) is 20.2 Å². The molecule has 0 fully saturated rings. The van der Waals surface area contributed by atoms with Crippen molar-refractivity contribution in [3.8, 4) is 0 Å². The Morgan fingerprint density at radius 1 is 1.43 bits per heavy atom. The van der Waals surface area contributed by atoms with Gasteiger partial charge in [-0.3, -0.25) is 4.39 Å². The van der Waals surface area contributed by atoms with Crippen molar-refractivity contribution in [1.82, 2.24) is 19.5 Å². The SMILES string of the molecule is Cn1cc([N+](=O)[O-])nc1Br.O=[N+]([O-])c1cnc(Br)[nH]1.[2H]CF. The fourth-order valence-electron chi connectivity index (χ4n) is 0.898. The van der Waals surface area contributed by atoms with Crippen molar-refractivity contribution in [3.05, 3.63) is 42.1 Å². The number of aromatic nitrogens is 4. The molecule has 0 atom stereocenters. The zero-order valence-corrected chi connectivity index (χ0v) is 13.5. The monoisotopic (exact) mass is 431 g/mol. The summed E-state index contributed by atoms with van der Waals surface area (Å²) in [5.41, 5.74) is 0. The molecule has 0 saturated carbocycles. The van der Waals surface area contributed by atoms with Gasteiger partial charge in [-0.2, -0.15) is 0 Å². The number of halogens is 3. The van der Waals surface area contributed by atoms with E-state index in [0.29, 0.717) is 9.47 Å². The van der Waals surface area contributed by atoms with Gasteiger partial charge in [0.25, 0.3) is 9.47 Å². The summed E-state index contributed by atoms with van der Waals surface area (Å²) < 4.78 is 17.9. The molecule has 0 bridgehead atoms. The number of aromatic amines is 1. The summed E-state index contributed by atoms with van der Waals surface area (Å²) in [7, 11) is 0.671. The van der Waals surface area contributed by atoms with Gasteiger partial charge in [-0.1, -0.05) is 0 Å². The Hall–Kier alpha value is -1.89. The summed E-state index contributed by atoms with van der Waals surface area (Å²) >= 11 is 5.96. The predicted octanol–water partition coefficient (Wildman–Crippen LogP) is 2.76. The molecule has 0 unspecified atom stereocenters. The number of H-pyrrole nitrogens is 1. The van der Waals surface area contributed by atoms with Crippen LogP contribution in [0.25, 0.3) is 0 Å². The summed E-state index contributed by atoms with van der Waals surface area (Å²) in [5, 5.41) is 20.0. The molecular formula is C8H9Br2FN6O4. The van der Waals surface area contributed by atoms with E-state index >= 15 is 0 Å². The van der Waals surface area contributed by atoms with Crippen molar-refractivity contribution < 1.29 is 15.6 Å². The predicted molar refractivity (Wildman–Crippen MR) is 77.5 cm³/mol. The number of nitro groups is 2. The third-order valence-corrected chi connectivity index (χ3v) is 2.86. The number of alkyl halides is 1. The molecule has 0 aromatic carbocycles. The minimum atomic E-state index is -1.00. The Bertz CT molecular complexity index is 616. The van der Waals surface area contributed by atoms with Gasteiger partial charge in [-0.05, 0) is 14.8 Å². The summed E-state index contributed by atoms with van der Waals surface area (Å²) in [5.74, 6) is -0.253. The molecule has 0 aliphatic carbocycles. The van der Waals surface area contributed by atoms with E-state index in [1.165, 1.54) is 10.8 Å². The number of hydrogen-bond donors (Lipinski definition) is 1. The van der Waals surface area contributed by atoms with E-state index in [9.17, 15) is 24.6 Å². The molecule has 0 aliphatic rings. The second-order valence-corrected chi connectivity index (χ2v) is 4.51. The smallest absolute Gasteiger partial charge is 0.358 e. The molecule has 2 aromatic heterocycles. The van der Waals surface area contributed by atoms with Crippen LogP contribution in [0.5, 0.6) is 0 Å². The lowest BCUT2D eigenvalue weighted by Crippen LogP contribution is -1.86. The molecular weight excluding hydrogens is 423 g/mol. The number of imidazole rings is 2. The van der Waals surface area contributed by atoms with Gasteiger partial charge in [0.15, 0.2) is 0 Å². The number of rotatable bonds is 2. The zero-order chi connectivity index (χ0) is 17.3. The molecule has 2 heterocycles. The minimum Gasteiger partial charge on any atom is -0.358 e. The number of aryl methyl sites for hydroxylation is 1. The van der Waals surface area contributed by atoms with Gasteiger partial charge in [0, 0.05) is 38.9 Å². The minimum absolute atomic E-state index is 0.109. The molecule has 13 heteroatoms. The van der Waals surface area contributed by atoms with Crippen LogP contribution in [0.3, 0.4) is 0 Å². The highest BCUT2D eigenvalue weighted by molar-refractivity contribution is 9.10. The van der Waals surface area contributed by atoms with Gasteiger partial charge in [0.2, 0.25) is 0 Å². The Balaban J connectivity index is 0.000000342. The molecule has 2 rings (SSSR count). The van der Waals surface area contributed by atoms with Crippen LogP contribution < -0.4 is 0 Å². The average Bonchev–Trinajstić information content (AvgIpc) is 2.99. The highest BCUT2D eigenvalue weighted by Crippen LogP contribution is 2.13. The first-order chi connectivity index (χ1) is 10.2. The summed E-state index contributed by atoms with van der Waals surface area (Å²) in [6, 6.07) is 0. The Morgan fingerprint density at radius 2 is 2.00 bits per heavy atom. The lowest BCUT2D eigenvalue weighted by atomic mass is 10.8. The molecule has 10 nitrogen and oxygen atoms in total. The van der Waals surface area contributed by atoms with Gasteiger partial charge >= 0.3 is 11.6 Å². The van der Waals surface area contributed by atoms with Gasteiger partial charge in [0.1, 0.15) is 12.4 Å². The molecule has 0 radical (unpaired) electrons. The first-order valence-corrected chi connectivity index (χ1v) is 6.34. The maximum atomic E-state index is 10.1. The lowest BCUT2D eigenvalue weighted by molar-refractivity contribution is -0.389. The Kier molecular flexibility index (Phi) is 7.45. The molecule has 0 saturated heterocycles. The van der Waals surface area contributed by atoms with Gasteiger partial charge in [-0.15, -0.1) is 0 Å². The number of hydrogen-bond acceptors (Lipinski definition) is 6. The van der Waals surface area contributed by atoms with Crippen molar-refractivity contribution >= 4 is 43.5 Å². The van der Waals surface area contributed by atoms with Crippen LogP contribution in [0.2, 0.25) is 0 Å². The maximum absolute atomic E-state index is 10.1. The molecule has 0 amide bonds. The van der Waals surface area contributed by atoms with Gasteiger partial charge < -0.3 is 24.8 Å². The van der Waals surface area contributed by atoms with Crippen LogP contribution in [-0.4, -0.2) is 36.5 Å². The fourth-order valence-corrected chi connectivity index (χ4v) is 1.49. The first-order valence-electron chi connectivity index (χ1n) is 5.47. The third-order valence-electron chi connectivity index (χ3n) is 1.72. The van der Waals surface area contributed by atoms with Crippen molar-refractivity contribution in [2.45, 2.75) is 0 Å². The van der Waals surface area contributed by atoms with Gasteiger partial charge in [-0.25, -0.2) is 9.97 Å². The second kappa shape index (κ2) is 9.12. The Morgan fingerprint density at radius 3 is 2.19 bits per heavy atom. The normalized spacial score (nSPS) is 9.62. The van der Waals surface area contributed by atoms with E-state index in [0.717, 1.165) is 6.20 Å². The van der Waals surface area contributed by atoms with Crippen molar-refractivity contribution in [1.29, 1.82) is 0 Å². The van der Waals surface area contributed by atoms with Crippen molar-refractivity contribution in [2.24, 2.45) is 7.05 Å². The van der Waals surface area contributed by atoms with E-state index < -0.39 is 17.0 Å². The summed E-state index contributed by atoms with van der Waals surface area (Å²) in [6.45, 7) is 0. The molecule has 116 valence electrons. The summed E-state index contributed by atoms with van der Waals surface area (Å²) in [6.07, 6.45) is 2.48. The van der Waals surface area contributed by atoms with E-state index in [1.54, 1.807) is 7.05 Å². The third kappa shape index (κ3) is 6.40. The number of nitrogens with one attached hydrogen (secondary N) is 1. The van der Waals surface area contributed by atoms with Crippen molar-refractivity contribution in [2.75, 3.05) is 7.15 Å².